The Morgan fingerprint density at radius 1 is 0.372 bits per heavy atom. The largest absolute Gasteiger partial charge is 0.755 e. The van der Waals surface area contributed by atoms with Crippen molar-refractivity contribution < 1.29 is 0 Å². The van der Waals surface area contributed by atoms with E-state index in [1.807, 2.05) is 0 Å². The van der Waals surface area contributed by atoms with Crippen molar-refractivity contribution in [2.24, 2.45) is 0 Å². The van der Waals surface area contributed by atoms with Crippen molar-refractivity contribution in [1.82, 2.24) is 10.7 Å². The molecule has 5 aromatic carbocycles. The molecule has 0 fully saturated rings. The molecule has 0 saturated heterocycles. The van der Waals surface area contributed by atoms with Crippen molar-refractivity contribution in [2.75, 3.05) is 4.90 Å². The molecule has 6 heterocycles. The molecule has 200 valence electrons. The van der Waals surface area contributed by atoms with Gasteiger partial charge in [0.2, 0.25) is 0 Å². The van der Waals surface area contributed by atoms with Gasteiger partial charge in [0.05, 0.1) is 17.1 Å². The van der Waals surface area contributed by atoms with Crippen LogP contribution in [0.5, 0.6) is 0 Å². The maximum absolute atomic E-state index is 2.61. The van der Waals surface area contributed by atoms with E-state index in [9.17, 15) is 0 Å². The van der Waals surface area contributed by atoms with Crippen LogP contribution in [-0.2, 0) is 0 Å². The summed E-state index contributed by atoms with van der Waals surface area (Å²) >= 11 is -2.20. The minimum absolute atomic E-state index is 1.16. The highest BCUT2D eigenvalue weighted by Gasteiger charge is 2.38. The lowest BCUT2D eigenvalue weighted by Crippen LogP contribution is -2.41. The van der Waals surface area contributed by atoms with Gasteiger partial charge in [-0.2, -0.15) is 0 Å². The second-order valence-corrected chi connectivity index (χ2v) is 13.8. The molecule has 4 nitrogen and oxygen atoms in total. The van der Waals surface area contributed by atoms with E-state index in [-0.39, 0.29) is 0 Å². The number of aromatic nitrogens is 3. The van der Waals surface area contributed by atoms with Crippen LogP contribution in [0.1, 0.15) is 0 Å². The van der Waals surface area contributed by atoms with Crippen molar-refractivity contribution in [1.29, 1.82) is 0 Å². The predicted octanol–water partition coefficient (Wildman–Crippen LogP) is 9.42. The second-order valence-electron chi connectivity index (χ2n) is 11.5. The highest BCUT2D eigenvalue weighted by atomic mass is 27.2. The van der Waals surface area contributed by atoms with Gasteiger partial charge in [-0.3, -0.25) is 0 Å². The Bertz CT molecular complexity index is 2300. The highest BCUT2D eigenvalue weighted by Crippen LogP contribution is 2.50. The molecular weight excluding hydrogens is 539 g/mol. The normalized spacial score (nSPS) is 13.0. The molecule has 11 rings (SSSR count). The van der Waals surface area contributed by atoms with Gasteiger partial charge in [-0.1, -0.05) is 84.9 Å². The van der Waals surface area contributed by atoms with E-state index in [1.165, 1.54) is 66.7 Å². The molecule has 0 atom stereocenters. The lowest BCUT2D eigenvalue weighted by Gasteiger charge is -2.34. The summed E-state index contributed by atoms with van der Waals surface area (Å²) in [7, 11) is 0. The molecule has 3 aliphatic rings. The molecule has 0 aliphatic carbocycles. The first-order valence-corrected chi connectivity index (χ1v) is 16.4. The van der Waals surface area contributed by atoms with Crippen molar-refractivity contribution in [3.63, 3.8) is 0 Å². The van der Waals surface area contributed by atoms with Gasteiger partial charge in [0.15, 0.2) is 0 Å². The Labute approximate surface area is 253 Å². The molecular formula is C38H25AlN4. The van der Waals surface area contributed by atoms with E-state index < -0.39 is 14.8 Å². The summed E-state index contributed by atoms with van der Waals surface area (Å²) in [6.07, 6.45) is 6.92. The Morgan fingerprint density at radius 3 is 1.60 bits per heavy atom. The summed E-state index contributed by atoms with van der Waals surface area (Å²) in [4.78, 5) is 2.50. The van der Waals surface area contributed by atoms with Crippen molar-refractivity contribution in [3.05, 3.63) is 152 Å². The topological polar surface area (TPSA) is 18.0 Å². The third-order valence-electron chi connectivity index (χ3n) is 9.30. The number of rotatable bonds is 0. The van der Waals surface area contributed by atoms with Crippen LogP contribution in [0.15, 0.2) is 152 Å². The van der Waals surface area contributed by atoms with Crippen LogP contribution >= 0.6 is 0 Å². The quantitative estimate of drug-likeness (QED) is 0.168. The zero-order valence-corrected chi connectivity index (χ0v) is 24.5. The summed E-state index contributed by atoms with van der Waals surface area (Å²) in [5, 5.41) is 3.83. The molecule has 0 spiro atoms. The van der Waals surface area contributed by atoms with Crippen LogP contribution in [0.25, 0.3) is 55.3 Å². The van der Waals surface area contributed by atoms with Gasteiger partial charge in [-0.15, -0.1) is 0 Å². The van der Waals surface area contributed by atoms with E-state index in [2.05, 4.69) is 168 Å². The SMILES string of the molecule is c1ccc2c(c1)-c1cccc3ccc4cc[n](c4c13)[Al]1[n]3cccc3-c3ccccc3N2c2ccccc2-c2ccc[n]21. The fraction of sp³-hybridized carbons (Fsp3) is 0. The van der Waals surface area contributed by atoms with Crippen LogP contribution in [0, 0.1) is 0 Å². The standard InChI is InChI=1S/C38H25N4.Al/c1-4-17-34(28(11-1)29-14-7-10-26-20-21-27-22-25-41-38(27)37(26)29)42(35-18-5-2-12-30(35)32-15-8-23-39-32)36-19-6-3-13-31(36)33-16-9-24-40-33;/h1-25H;/q-3;+3. The highest BCUT2D eigenvalue weighted by molar-refractivity contribution is 6.57. The monoisotopic (exact) mass is 564 g/mol. The number of anilines is 3. The van der Waals surface area contributed by atoms with E-state index in [0.717, 1.165) is 5.69 Å². The van der Waals surface area contributed by atoms with E-state index in [1.54, 1.807) is 0 Å². The van der Waals surface area contributed by atoms with Crippen LogP contribution in [0.2, 0.25) is 0 Å². The molecule has 8 aromatic rings. The van der Waals surface area contributed by atoms with E-state index in [4.69, 9.17) is 0 Å². The lowest BCUT2D eigenvalue weighted by atomic mass is 9.94. The zero-order chi connectivity index (χ0) is 28.1. The molecule has 2 bridgehead atoms. The third kappa shape index (κ3) is 3.10. The Morgan fingerprint density at radius 2 is 0.930 bits per heavy atom. The molecule has 0 amide bonds. The van der Waals surface area contributed by atoms with Crippen molar-refractivity contribution in [3.8, 4) is 33.6 Å². The summed E-state index contributed by atoms with van der Waals surface area (Å²) in [5.41, 5.74) is 12.2. The van der Waals surface area contributed by atoms with Gasteiger partial charge in [-0.25, -0.2) is 0 Å². The average molecular weight is 565 g/mol. The number of nitrogens with zero attached hydrogens (tertiary/aromatic N) is 4. The third-order valence-corrected chi connectivity index (χ3v) is 12.1. The number of hydrogen-bond acceptors (Lipinski definition) is 1. The van der Waals surface area contributed by atoms with Crippen molar-refractivity contribution >= 4 is 53.5 Å². The van der Waals surface area contributed by atoms with Gasteiger partial charge in [0.25, 0.3) is 0 Å². The minimum atomic E-state index is -2.20. The molecule has 0 saturated carbocycles. The van der Waals surface area contributed by atoms with Crippen molar-refractivity contribution in [2.45, 2.75) is 0 Å². The summed E-state index contributed by atoms with van der Waals surface area (Å²) in [6, 6.07) is 49.4. The maximum Gasteiger partial charge on any atom is 0.755 e. The molecule has 3 aliphatic heterocycles. The van der Waals surface area contributed by atoms with Gasteiger partial charge >= 0.3 is 14.8 Å². The maximum atomic E-state index is 2.61. The molecule has 0 N–H and O–H groups in total. The van der Waals surface area contributed by atoms with Crippen LogP contribution in [0.3, 0.4) is 0 Å². The number of para-hydroxylation sites is 3. The molecule has 5 heteroatoms. The number of benzene rings is 5. The smallest absolute Gasteiger partial charge is 0.401 e. The predicted molar refractivity (Wildman–Crippen MR) is 178 cm³/mol. The fourth-order valence-corrected chi connectivity index (χ4v) is 10.6. The summed E-state index contributed by atoms with van der Waals surface area (Å²) < 4.78 is 7.76. The van der Waals surface area contributed by atoms with Crippen LogP contribution < -0.4 is 4.90 Å². The lowest BCUT2D eigenvalue weighted by molar-refractivity contribution is 0.987. The van der Waals surface area contributed by atoms with Gasteiger partial charge < -0.3 is 15.6 Å². The Hall–Kier alpha value is -5.21. The first-order chi connectivity index (χ1) is 21.4. The van der Waals surface area contributed by atoms with Gasteiger partial charge in [0, 0.05) is 39.0 Å². The minimum Gasteiger partial charge on any atom is -0.401 e. The molecule has 0 radical (unpaired) electrons. The first kappa shape index (κ1) is 23.4. The van der Waals surface area contributed by atoms with Gasteiger partial charge in [0.1, 0.15) is 0 Å². The van der Waals surface area contributed by atoms with Gasteiger partial charge in [-0.05, 0) is 83.5 Å². The van der Waals surface area contributed by atoms with Crippen LogP contribution in [-0.4, -0.2) is 25.5 Å². The molecule has 3 aromatic heterocycles. The molecule has 43 heavy (non-hydrogen) atoms. The average Bonchev–Trinajstić information content (AvgIpc) is 3.83. The summed E-state index contributed by atoms with van der Waals surface area (Å²) in [5.74, 6) is 0. The summed E-state index contributed by atoms with van der Waals surface area (Å²) in [6.45, 7) is 0. The first-order valence-electron chi connectivity index (χ1n) is 14.8. The van der Waals surface area contributed by atoms with E-state index in [0.29, 0.717) is 0 Å². The fourth-order valence-electron chi connectivity index (χ4n) is 7.55. The van der Waals surface area contributed by atoms with Crippen LogP contribution in [0.4, 0.5) is 17.1 Å². The zero-order valence-electron chi connectivity index (χ0n) is 23.3. The van der Waals surface area contributed by atoms with E-state index >= 15 is 0 Å². The Kier molecular flexibility index (Phi) is 4.70. The second kappa shape index (κ2) is 8.66. The number of hydrogen-bond donors (Lipinski definition) is 0. The molecule has 0 unspecified atom stereocenters. The Balaban J connectivity index is 1.53.